The van der Waals surface area contributed by atoms with Crippen LogP contribution in [0.2, 0.25) is 0 Å². The molecule has 27 heavy (non-hydrogen) atoms. The topological polar surface area (TPSA) is 134 Å². The molecule has 9 heteroatoms. The van der Waals surface area contributed by atoms with Crippen molar-refractivity contribution in [1.29, 1.82) is 0 Å². The third-order valence-electron chi connectivity index (χ3n) is 5.64. The van der Waals surface area contributed by atoms with Gasteiger partial charge in [-0.3, -0.25) is 13.9 Å². The minimum atomic E-state index is -0.863. The first-order valence-electron chi connectivity index (χ1n) is 9.41. The highest BCUT2D eigenvalue weighted by Gasteiger charge is 2.38. The van der Waals surface area contributed by atoms with E-state index < -0.39 is 30.2 Å². The second kappa shape index (κ2) is 8.24. The number of aliphatic hydroxyl groups is 4. The van der Waals surface area contributed by atoms with Crippen LogP contribution in [0.1, 0.15) is 37.5 Å². The smallest absolute Gasteiger partial charge is 0.333 e. The van der Waals surface area contributed by atoms with E-state index in [-0.39, 0.29) is 31.7 Å². The number of rotatable bonds is 8. The Morgan fingerprint density at radius 1 is 1.26 bits per heavy atom. The van der Waals surface area contributed by atoms with Gasteiger partial charge in [0.2, 0.25) is 0 Å². The van der Waals surface area contributed by atoms with Gasteiger partial charge >= 0.3 is 5.69 Å². The Hall–Kier alpha value is -1.52. The number of aliphatic hydroxyl groups excluding tert-OH is 4. The molecule has 0 radical (unpaired) electrons. The average molecular weight is 384 g/mol. The van der Waals surface area contributed by atoms with E-state index in [9.17, 15) is 24.9 Å². The second-order valence-corrected chi connectivity index (χ2v) is 7.69. The van der Waals surface area contributed by atoms with E-state index in [4.69, 9.17) is 9.84 Å². The monoisotopic (exact) mass is 384 g/mol. The van der Waals surface area contributed by atoms with Gasteiger partial charge in [0.15, 0.2) is 0 Å². The summed E-state index contributed by atoms with van der Waals surface area (Å²) in [4.78, 5) is 25.2. The highest BCUT2D eigenvalue weighted by Crippen LogP contribution is 2.44. The molecule has 3 unspecified atom stereocenters. The summed E-state index contributed by atoms with van der Waals surface area (Å²) in [7, 11) is 0. The zero-order valence-corrected chi connectivity index (χ0v) is 15.4. The summed E-state index contributed by atoms with van der Waals surface area (Å²) in [6.07, 6.45) is 0.669. The summed E-state index contributed by atoms with van der Waals surface area (Å²) in [5.74, 6) is 0.642. The second-order valence-electron chi connectivity index (χ2n) is 7.69. The fraction of sp³-hybridized carbons (Fsp3) is 0.778. The SMILES string of the molecule is Cc1cn([C@H]2C[C@H](O)[C@@H](CO)O2)c(=O)n(CCC2CC2CC(O)CO)c1=O. The Labute approximate surface area is 156 Å². The summed E-state index contributed by atoms with van der Waals surface area (Å²) < 4.78 is 8.05. The molecule has 2 heterocycles. The minimum absolute atomic E-state index is 0.173. The normalized spacial score (nSPS) is 31.2. The van der Waals surface area contributed by atoms with Gasteiger partial charge in [0, 0.05) is 24.7 Å². The molecule has 9 nitrogen and oxygen atoms in total. The molecule has 0 bridgehead atoms. The van der Waals surface area contributed by atoms with Crippen molar-refractivity contribution >= 4 is 0 Å². The van der Waals surface area contributed by atoms with Crippen molar-refractivity contribution in [2.75, 3.05) is 13.2 Å². The first-order chi connectivity index (χ1) is 12.8. The first kappa shape index (κ1) is 20.2. The fourth-order valence-corrected chi connectivity index (χ4v) is 3.88. The molecule has 1 aliphatic carbocycles. The highest BCUT2D eigenvalue weighted by molar-refractivity contribution is 5.04. The Bertz CT molecular complexity index is 774. The Morgan fingerprint density at radius 3 is 2.63 bits per heavy atom. The molecule has 1 saturated carbocycles. The summed E-state index contributed by atoms with van der Waals surface area (Å²) in [6, 6.07) is 0. The van der Waals surface area contributed by atoms with E-state index in [0.29, 0.717) is 30.2 Å². The van der Waals surface area contributed by atoms with E-state index in [1.165, 1.54) is 15.3 Å². The summed E-state index contributed by atoms with van der Waals surface area (Å²) in [5, 5.41) is 37.5. The molecular weight excluding hydrogens is 356 g/mol. The lowest BCUT2D eigenvalue weighted by Gasteiger charge is -2.17. The molecule has 1 saturated heterocycles. The van der Waals surface area contributed by atoms with Crippen molar-refractivity contribution in [1.82, 2.24) is 9.13 Å². The van der Waals surface area contributed by atoms with Gasteiger partial charge in [0.1, 0.15) is 12.3 Å². The molecule has 6 atom stereocenters. The average Bonchev–Trinajstić information content (AvgIpc) is 3.27. The Balaban J connectivity index is 1.72. The summed E-state index contributed by atoms with van der Waals surface area (Å²) >= 11 is 0. The standard InChI is InChI=1S/C18H28N2O7/c1-10-7-20(16-6-14(24)15(9-22)27-16)18(26)19(17(10)25)3-2-11-4-12(11)5-13(23)8-21/h7,11-16,21-24H,2-6,8-9H2,1H3/t11?,12?,13?,14-,15+,16+/m0/s1. The molecule has 0 spiro atoms. The van der Waals surface area contributed by atoms with Gasteiger partial charge in [0.25, 0.3) is 5.56 Å². The number of aryl methyl sites for hydroxylation is 1. The third kappa shape index (κ3) is 4.33. The third-order valence-corrected chi connectivity index (χ3v) is 5.64. The maximum Gasteiger partial charge on any atom is 0.333 e. The van der Waals surface area contributed by atoms with Gasteiger partial charge in [0.05, 0.1) is 25.4 Å². The van der Waals surface area contributed by atoms with E-state index in [0.717, 1.165) is 6.42 Å². The van der Waals surface area contributed by atoms with Crippen molar-refractivity contribution in [3.63, 3.8) is 0 Å². The number of nitrogens with zero attached hydrogens (tertiary/aromatic N) is 2. The van der Waals surface area contributed by atoms with Crippen molar-refractivity contribution in [3.8, 4) is 0 Å². The lowest BCUT2D eigenvalue weighted by molar-refractivity contribution is -0.0464. The van der Waals surface area contributed by atoms with Crippen molar-refractivity contribution in [2.45, 2.75) is 63.7 Å². The molecule has 1 aromatic heterocycles. The number of ether oxygens (including phenoxy) is 1. The van der Waals surface area contributed by atoms with Crippen molar-refractivity contribution in [2.24, 2.45) is 11.8 Å². The molecule has 152 valence electrons. The summed E-state index contributed by atoms with van der Waals surface area (Å²) in [5.41, 5.74) is -0.432. The van der Waals surface area contributed by atoms with Crippen LogP contribution in [0.15, 0.2) is 15.8 Å². The number of hydrogen-bond donors (Lipinski definition) is 4. The van der Waals surface area contributed by atoms with Crippen molar-refractivity contribution in [3.05, 3.63) is 32.6 Å². The molecular formula is C18H28N2O7. The number of hydrogen-bond acceptors (Lipinski definition) is 7. The fourth-order valence-electron chi connectivity index (χ4n) is 3.88. The quantitative estimate of drug-likeness (QED) is 0.439. The van der Waals surface area contributed by atoms with Crippen LogP contribution < -0.4 is 11.2 Å². The van der Waals surface area contributed by atoms with Crippen LogP contribution in [0.4, 0.5) is 0 Å². The van der Waals surface area contributed by atoms with Crippen LogP contribution in [0.5, 0.6) is 0 Å². The van der Waals surface area contributed by atoms with E-state index in [1.54, 1.807) is 6.92 Å². The van der Waals surface area contributed by atoms with Crippen LogP contribution in [-0.4, -0.2) is 61.1 Å². The zero-order valence-electron chi connectivity index (χ0n) is 15.4. The largest absolute Gasteiger partial charge is 0.394 e. The van der Waals surface area contributed by atoms with Crippen LogP contribution in [0.25, 0.3) is 0 Å². The lowest BCUT2D eigenvalue weighted by atomic mass is 10.1. The Kier molecular flexibility index (Phi) is 6.17. The molecule has 2 aliphatic rings. The van der Waals surface area contributed by atoms with Crippen LogP contribution in [0, 0.1) is 18.8 Å². The van der Waals surface area contributed by atoms with Crippen LogP contribution in [0.3, 0.4) is 0 Å². The maximum atomic E-state index is 12.8. The zero-order chi connectivity index (χ0) is 19.7. The van der Waals surface area contributed by atoms with E-state index in [1.807, 2.05) is 0 Å². The van der Waals surface area contributed by atoms with E-state index in [2.05, 4.69) is 0 Å². The molecule has 1 aromatic rings. The van der Waals surface area contributed by atoms with Gasteiger partial charge in [-0.25, -0.2) is 4.79 Å². The van der Waals surface area contributed by atoms with Gasteiger partial charge < -0.3 is 25.2 Å². The Morgan fingerprint density at radius 2 is 2.00 bits per heavy atom. The van der Waals surface area contributed by atoms with E-state index >= 15 is 0 Å². The van der Waals surface area contributed by atoms with Crippen LogP contribution >= 0.6 is 0 Å². The predicted octanol–water partition coefficient (Wildman–Crippen LogP) is -1.27. The van der Waals surface area contributed by atoms with Gasteiger partial charge in [-0.15, -0.1) is 0 Å². The first-order valence-corrected chi connectivity index (χ1v) is 9.41. The van der Waals surface area contributed by atoms with Gasteiger partial charge in [-0.2, -0.15) is 0 Å². The molecule has 0 amide bonds. The minimum Gasteiger partial charge on any atom is -0.394 e. The number of aromatic nitrogens is 2. The van der Waals surface area contributed by atoms with Crippen molar-refractivity contribution < 1.29 is 25.2 Å². The van der Waals surface area contributed by atoms with Crippen LogP contribution in [-0.2, 0) is 11.3 Å². The van der Waals surface area contributed by atoms with Gasteiger partial charge in [-0.05, 0) is 38.0 Å². The molecule has 3 rings (SSSR count). The molecule has 2 fully saturated rings. The maximum absolute atomic E-state index is 12.8. The lowest BCUT2D eigenvalue weighted by Crippen LogP contribution is -2.42. The molecule has 1 aliphatic heterocycles. The highest BCUT2D eigenvalue weighted by atomic mass is 16.5. The van der Waals surface area contributed by atoms with Gasteiger partial charge in [-0.1, -0.05) is 0 Å². The molecule has 4 N–H and O–H groups in total. The molecule has 0 aromatic carbocycles. The summed E-state index contributed by atoms with van der Waals surface area (Å²) in [6.45, 7) is 1.30. The predicted molar refractivity (Wildman–Crippen MR) is 95.2 cm³/mol.